The lowest BCUT2D eigenvalue weighted by molar-refractivity contribution is -0.120. The minimum Gasteiger partial charge on any atom is -0.369 e. The maximum atomic E-state index is 12.7. The van der Waals surface area contributed by atoms with Crippen LogP contribution in [0.2, 0.25) is 0 Å². The highest BCUT2D eigenvalue weighted by molar-refractivity contribution is 5.93. The average Bonchev–Trinajstić information content (AvgIpc) is 2.60. The van der Waals surface area contributed by atoms with Crippen molar-refractivity contribution < 1.29 is 4.79 Å². The van der Waals surface area contributed by atoms with Gasteiger partial charge in [-0.1, -0.05) is 17.7 Å². The molecule has 0 radical (unpaired) electrons. The van der Waals surface area contributed by atoms with Crippen molar-refractivity contribution >= 4 is 17.3 Å². The first-order valence-corrected chi connectivity index (χ1v) is 8.60. The second-order valence-corrected chi connectivity index (χ2v) is 6.77. The Labute approximate surface area is 147 Å². The van der Waals surface area contributed by atoms with Gasteiger partial charge in [0.25, 0.3) is 5.56 Å². The Hall–Kier alpha value is -2.63. The summed E-state index contributed by atoms with van der Waals surface area (Å²) < 4.78 is 1.30. The van der Waals surface area contributed by atoms with Crippen LogP contribution < -0.4 is 15.8 Å². The molecule has 0 spiro atoms. The van der Waals surface area contributed by atoms with Gasteiger partial charge in [-0.2, -0.15) is 5.10 Å². The third kappa shape index (κ3) is 3.90. The van der Waals surface area contributed by atoms with Crippen LogP contribution in [0.5, 0.6) is 0 Å². The number of rotatable bonds is 3. The first-order chi connectivity index (χ1) is 11.9. The molecule has 1 fully saturated rings. The van der Waals surface area contributed by atoms with Crippen molar-refractivity contribution in [3.05, 3.63) is 51.9 Å². The minimum absolute atomic E-state index is 0.0356. The maximum Gasteiger partial charge on any atom is 0.268 e. The van der Waals surface area contributed by atoms with E-state index in [9.17, 15) is 9.59 Å². The fourth-order valence-electron chi connectivity index (χ4n) is 3.25. The standard InChI is InChI=1S/C19H24N4O2/c1-13-6-7-17(14(2)9-13)21-19(25)15-5-4-8-23(12-15)16-10-18(24)22(3)20-11-16/h6-7,9-11,15H,4-5,8,12H2,1-3H3,(H,21,25). The van der Waals surface area contributed by atoms with Gasteiger partial charge in [-0.05, 0) is 38.3 Å². The van der Waals surface area contributed by atoms with Gasteiger partial charge in [-0.3, -0.25) is 9.59 Å². The van der Waals surface area contributed by atoms with Crippen molar-refractivity contribution in [1.29, 1.82) is 0 Å². The number of aromatic nitrogens is 2. The fourth-order valence-corrected chi connectivity index (χ4v) is 3.25. The second kappa shape index (κ2) is 7.09. The molecule has 3 rings (SSSR count). The lowest BCUT2D eigenvalue weighted by Crippen LogP contribution is -2.41. The van der Waals surface area contributed by atoms with Gasteiger partial charge in [0.1, 0.15) is 0 Å². The number of nitrogens with zero attached hydrogens (tertiary/aromatic N) is 3. The number of aryl methyl sites for hydroxylation is 3. The zero-order valence-corrected chi connectivity index (χ0v) is 15.0. The first-order valence-electron chi connectivity index (χ1n) is 8.60. The normalized spacial score (nSPS) is 17.4. The molecule has 1 aliphatic rings. The van der Waals surface area contributed by atoms with E-state index in [2.05, 4.69) is 21.4 Å². The summed E-state index contributed by atoms with van der Waals surface area (Å²) in [7, 11) is 1.63. The Morgan fingerprint density at radius 2 is 2.08 bits per heavy atom. The number of hydrogen-bond donors (Lipinski definition) is 1. The molecule has 1 atom stereocenters. The molecule has 6 heteroatoms. The van der Waals surface area contributed by atoms with E-state index in [1.54, 1.807) is 19.3 Å². The van der Waals surface area contributed by atoms with Crippen molar-refractivity contribution in [2.24, 2.45) is 13.0 Å². The summed E-state index contributed by atoms with van der Waals surface area (Å²) in [5, 5.41) is 7.13. The van der Waals surface area contributed by atoms with E-state index in [4.69, 9.17) is 0 Å². The number of hydrogen-bond acceptors (Lipinski definition) is 4. The van der Waals surface area contributed by atoms with Crippen LogP contribution in [-0.4, -0.2) is 28.8 Å². The van der Waals surface area contributed by atoms with Crippen LogP contribution in [-0.2, 0) is 11.8 Å². The average molecular weight is 340 g/mol. The van der Waals surface area contributed by atoms with E-state index in [0.29, 0.717) is 6.54 Å². The molecule has 132 valence electrons. The smallest absolute Gasteiger partial charge is 0.268 e. The van der Waals surface area contributed by atoms with Crippen LogP contribution in [0, 0.1) is 19.8 Å². The molecule has 6 nitrogen and oxygen atoms in total. The first kappa shape index (κ1) is 17.2. The fraction of sp³-hybridized carbons (Fsp3) is 0.421. The van der Waals surface area contributed by atoms with Crippen LogP contribution in [0.15, 0.2) is 35.3 Å². The molecule has 1 amide bonds. The topological polar surface area (TPSA) is 67.2 Å². The van der Waals surface area contributed by atoms with Gasteiger partial charge in [-0.25, -0.2) is 4.68 Å². The summed E-state index contributed by atoms with van der Waals surface area (Å²) >= 11 is 0. The number of amides is 1. The number of carbonyl (C=O) groups excluding carboxylic acids is 1. The number of anilines is 2. The summed E-state index contributed by atoms with van der Waals surface area (Å²) in [6.45, 7) is 5.48. The van der Waals surface area contributed by atoms with Crippen molar-refractivity contribution in [3.8, 4) is 0 Å². The zero-order chi connectivity index (χ0) is 18.0. The van der Waals surface area contributed by atoms with Gasteiger partial charge in [0.05, 0.1) is 17.8 Å². The van der Waals surface area contributed by atoms with E-state index >= 15 is 0 Å². The molecule has 0 bridgehead atoms. The Morgan fingerprint density at radius 1 is 1.28 bits per heavy atom. The number of piperidine rings is 1. The summed E-state index contributed by atoms with van der Waals surface area (Å²) in [6, 6.07) is 7.60. The summed E-state index contributed by atoms with van der Waals surface area (Å²) in [4.78, 5) is 26.6. The van der Waals surface area contributed by atoms with Crippen molar-refractivity contribution in [1.82, 2.24) is 9.78 Å². The van der Waals surface area contributed by atoms with Crippen LogP contribution in [0.3, 0.4) is 0 Å². The van der Waals surface area contributed by atoms with Crippen LogP contribution in [0.4, 0.5) is 11.4 Å². The van der Waals surface area contributed by atoms with E-state index in [1.807, 2.05) is 26.0 Å². The highest BCUT2D eigenvalue weighted by Gasteiger charge is 2.26. The quantitative estimate of drug-likeness (QED) is 0.931. The molecule has 2 aromatic rings. The third-order valence-corrected chi connectivity index (χ3v) is 4.75. The van der Waals surface area contributed by atoms with E-state index in [0.717, 1.165) is 36.3 Å². The minimum atomic E-state index is -0.139. The molecule has 1 saturated heterocycles. The molecule has 1 aromatic carbocycles. The predicted octanol–water partition coefficient (Wildman–Crippen LogP) is 2.25. The van der Waals surface area contributed by atoms with Gasteiger partial charge in [-0.15, -0.1) is 0 Å². The van der Waals surface area contributed by atoms with E-state index in [1.165, 1.54) is 10.2 Å². The second-order valence-electron chi connectivity index (χ2n) is 6.77. The summed E-state index contributed by atoms with van der Waals surface area (Å²) in [6.07, 6.45) is 3.46. The highest BCUT2D eigenvalue weighted by Crippen LogP contribution is 2.24. The molecular formula is C19H24N4O2. The lowest BCUT2D eigenvalue weighted by atomic mass is 9.96. The summed E-state index contributed by atoms with van der Waals surface area (Å²) in [5.41, 5.74) is 3.75. The molecule has 1 unspecified atom stereocenters. The Bertz CT molecular complexity index is 844. The van der Waals surface area contributed by atoms with Crippen molar-refractivity contribution in [2.75, 3.05) is 23.3 Å². The molecule has 25 heavy (non-hydrogen) atoms. The number of benzene rings is 1. The van der Waals surface area contributed by atoms with E-state index in [-0.39, 0.29) is 17.4 Å². The van der Waals surface area contributed by atoms with Crippen LogP contribution in [0.1, 0.15) is 24.0 Å². The molecule has 1 N–H and O–H groups in total. The Kier molecular flexibility index (Phi) is 4.88. The number of carbonyl (C=O) groups is 1. The van der Waals surface area contributed by atoms with Gasteiger partial charge >= 0.3 is 0 Å². The molecule has 2 heterocycles. The Balaban J connectivity index is 1.71. The molecule has 1 aromatic heterocycles. The van der Waals surface area contributed by atoms with Crippen LogP contribution in [0.25, 0.3) is 0 Å². The van der Waals surface area contributed by atoms with Gasteiger partial charge in [0.2, 0.25) is 5.91 Å². The van der Waals surface area contributed by atoms with Gasteiger partial charge in [0.15, 0.2) is 0 Å². The molecule has 0 saturated carbocycles. The van der Waals surface area contributed by atoms with Crippen LogP contribution >= 0.6 is 0 Å². The van der Waals surface area contributed by atoms with Gasteiger partial charge < -0.3 is 10.2 Å². The predicted molar refractivity (Wildman–Crippen MR) is 99.0 cm³/mol. The Morgan fingerprint density at radius 3 is 2.80 bits per heavy atom. The highest BCUT2D eigenvalue weighted by atomic mass is 16.2. The summed E-state index contributed by atoms with van der Waals surface area (Å²) in [5.74, 6) is -0.0630. The molecule has 0 aliphatic carbocycles. The largest absolute Gasteiger partial charge is 0.369 e. The van der Waals surface area contributed by atoms with Crippen molar-refractivity contribution in [3.63, 3.8) is 0 Å². The number of nitrogens with one attached hydrogen (secondary N) is 1. The van der Waals surface area contributed by atoms with E-state index < -0.39 is 0 Å². The molecule has 1 aliphatic heterocycles. The lowest BCUT2D eigenvalue weighted by Gasteiger charge is -2.33. The maximum absolute atomic E-state index is 12.7. The monoisotopic (exact) mass is 340 g/mol. The SMILES string of the molecule is Cc1ccc(NC(=O)C2CCCN(c3cnn(C)c(=O)c3)C2)c(C)c1. The zero-order valence-electron chi connectivity index (χ0n) is 15.0. The van der Waals surface area contributed by atoms with Gasteiger partial charge in [0, 0.05) is 31.9 Å². The molecular weight excluding hydrogens is 316 g/mol. The van der Waals surface area contributed by atoms with Crippen molar-refractivity contribution in [2.45, 2.75) is 26.7 Å². The third-order valence-electron chi connectivity index (χ3n) is 4.75.